The Balaban J connectivity index is 0.000000848. The molecule has 0 amide bonds. The molecule has 0 radical (unpaired) electrons. The highest BCUT2D eigenvalue weighted by molar-refractivity contribution is 5.63. The second-order valence-electron chi connectivity index (χ2n) is 9.85. The number of hydrogen-bond donors (Lipinski definition) is 7. The fourth-order valence-corrected chi connectivity index (χ4v) is 3.89. The van der Waals surface area contributed by atoms with Crippen molar-refractivity contribution in [1.29, 1.82) is 0 Å². The number of carbonyl (C=O) groups is 1. The van der Waals surface area contributed by atoms with Gasteiger partial charge in [0.1, 0.15) is 24.4 Å². The van der Waals surface area contributed by atoms with Crippen LogP contribution in [0.5, 0.6) is 17.2 Å². The van der Waals surface area contributed by atoms with Gasteiger partial charge in [0.15, 0.2) is 11.5 Å². The highest BCUT2D eigenvalue weighted by Crippen LogP contribution is 2.40. The van der Waals surface area contributed by atoms with Gasteiger partial charge >= 0.3 is 0 Å². The van der Waals surface area contributed by atoms with E-state index in [1.807, 2.05) is 0 Å². The van der Waals surface area contributed by atoms with Crippen molar-refractivity contribution in [1.82, 2.24) is 0 Å². The highest BCUT2D eigenvalue weighted by atomic mass is 16.7. The molecule has 5 atom stereocenters. The summed E-state index contributed by atoms with van der Waals surface area (Å²) in [5.74, 6) is -0.196. The summed E-state index contributed by atoms with van der Waals surface area (Å²) in [4.78, 5) is 9.00. The number of methoxy groups -OCH3 is 2. The summed E-state index contributed by atoms with van der Waals surface area (Å²) in [7, 11) is 2.82. The van der Waals surface area contributed by atoms with Gasteiger partial charge in [-0.05, 0) is 64.7 Å². The Bertz CT molecular complexity index is 1010. The number of benzene rings is 1. The molecule has 0 spiro atoms. The van der Waals surface area contributed by atoms with E-state index in [0.29, 0.717) is 5.56 Å². The van der Waals surface area contributed by atoms with Crippen molar-refractivity contribution < 1.29 is 59.5 Å². The normalized spacial score (nSPS) is 22.9. The number of carboxylic acid groups (broad SMARTS) is 1. The third-order valence-electron chi connectivity index (χ3n) is 6.21. The first-order valence-corrected chi connectivity index (χ1v) is 13.9. The minimum absolute atomic E-state index is 0.112. The van der Waals surface area contributed by atoms with Crippen LogP contribution < -0.4 is 14.2 Å². The van der Waals surface area contributed by atoms with Crippen LogP contribution in [-0.2, 0) is 9.53 Å². The molecule has 1 saturated heterocycles. The summed E-state index contributed by atoms with van der Waals surface area (Å²) in [5.41, 5.74) is 5.40. The van der Waals surface area contributed by atoms with Crippen molar-refractivity contribution in [2.24, 2.45) is 0 Å². The van der Waals surface area contributed by atoms with Crippen LogP contribution in [0.25, 0.3) is 6.08 Å². The standard InChI is InChI=1S/C17H24O9.C10H16.C2H4O2.C2H6O/c1-23-10-6-9(4-3-5-18)7-11(24-2)16(10)26-17-15(22)14(21)13(20)12(8-19)25-17;1-8(2)10-6-4-9(3)5-7-10;1-2(3)4;1-2-3/h3-4,6-7,12-15,17-22H,5,8H2,1-2H3;4H,5-7H2,1-3H3;1H3,(H,3,4);3H,2H2,1H3/b4-3+;;;/t12-,13-,14+,15-,17+;;;/m1.../s1. The molecule has 1 aromatic rings. The fraction of sp³-hybridized carbons (Fsp3) is 0.581. The number of aliphatic carboxylic acids is 1. The van der Waals surface area contributed by atoms with Gasteiger partial charge in [0, 0.05) is 13.5 Å². The molecule has 246 valence electrons. The van der Waals surface area contributed by atoms with Crippen LogP contribution in [-0.4, -0.2) is 106 Å². The van der Waals surface area contributed by atoms with Crippen molar-refractivity contribution in [3.63, 3.8) is 0 Å². The van der Waals surface area contributed by atoms with Crippen molar-refractivity contribution >= 4 is 12.0 Å². The van der Waals surface area contributed by atoms with E-state index in [-0.39, 0.29) is 30.5 Å². The summed E-state index contributed by atoms with van der Waals surface area (Å²) in [6, 6.07) is 3.24. The number of hydrogen-bond acceptors (Lipinski definition) is 11. The zero-order valence-electron chi connectivity index (χ0n) is 26.2. The van der Waals surface area contributed by atoms with E-state index < -0.39 is 43.3 Å². The van der Waals surface area contributed by atoms with E-state index in [1.54, 1.807) is 36.3 Å². The molecule has 12 heteroatoms. The van der Waals surface area contributed by atoms with Gasteiger partial charge in [0.05, 0.1) is 27.4 Å². The Morgan fingerprint density at radius 3 is 1.91 bits per heavy atom. The van der Waals surface area contributed by atoms with Gasteiger partial charge in [0.2, 0.25) is 12.0 Å². The summed E-state index contributed by atoms with van der Waals surface area (Å²) in [5, 5.41) is 63.0. The molecule has 1 aromatic carbocycles. The van der Waals surface area contributed by atoms with Crippen LogP contribution in [0.3, 0.4) is 0 Å². The molecule has 2 aliphatic rings. The molecule has 43 heavy (non-hydrogen) atoms. The molecule has 3 rings (SSSR count). The average Bonchev–Trinajstić information content (AvgIpc) is 2.97. The largest absolute Gasteiger partial charge is 0.493 e. The third kappa shape index (κ3) is 14.4. The van der Waals surface area contributed by atoms with Crippen LogP contribution in [0, 0.1) is 0 Å². The van der Waals surface area contributed by atoms with E-state index in [9.17, 15) is 20.4 Å². The van der Waals surface area contributed by atoms with Gasteiger partial charge in [-0.2, -0.15) is 0 Å². The number of allylic oxidation sites excluding steroid dienone is 4. The number of ether oxygens (including phenoxy) is 4. The predicted octanol–water partition coefficient (Wildman–Crippen LogP) is 2.43. The lowest BCUT2D eigenvalue weighted by molar-refractivity contribution is -0.277. The highest BCUT2D eigenvalue weighted by Gasteiger charge is 2.45. The second-order valence-corrected chi connectivity index (χ2v) is 9.85. The molecule has 1 aliphatic carbocycles. The van der Waals surface area contributed by atoms with Crippen LogP contribution in [0.4, 0.5) is 0 Å². The van der Waals surface area contributed by atoms with E-state index in [4.69, 9.17) is 39.1 Å². The lowest BCUT2D eigenvalue weighted by Crippen LogP contribution is -2.60. The maximum Gasteiger partial charge on any atom is 0.300 e. The summed E-state index contributed by atoms with van der Waals surface area (Å²) in [6.45, 7) is 8.97. The van der Waals surface area contributed by atoms with Crippen LogP contribution >= 0.6 is 0 Å². The van der Waals surface area contributed by atoms with Crippen molar-refractivity contribution in [3.8, 4) is 17.2 Å². The molecular formula is C31H50O12. The Kier molecular flexibility index (Phi) is 20.2. The smallest absolute Gasteiger partial charge is 0.300 e. The Hall–Kier alpha value is -2.97. The summed E-state index contributed by atoms with van der Waals surface area (Å²) in [6.07, 6.45) is 2.25. The predicted molar refractivity (Wildman–Crippen MR) is 162 cm³/mol. The molecule has 1 heterocycles. The monoisotopic (exact) mass is 614 g/mol. The van der Waals surface area contributed by atoms with Gasteiger partial charge < -0.3 is 54.7 Å². The van der Waals surface area contributed by atoms with Gasteiger partial charge in [0.25, 0.3) is 5.97 Å². The van der Waals surface area contributed by atoms with Crippen LogP contribution in [0.15, 0.2) is 41.0 Å². The molecule has 1 aliphatic heterocycles. The van der Waals surface area contributed by atoms with E-state index >= 15 is 0 Å². The molecule has 0 aromatic heterocycles. The van der Waals surface area contributed by atoms with Crippen molar-refractivity contribution in [3.05, 3.63) is 46.6 Å². The number of aliphatic hydroxyl groups is 6. The second kappa shape index (κ2) is 21.7. The molecule has 12 nitrogen and oxygen atoms in total. The Morgan fingerprint density at radius 1 is 0.977 bits per heavy atom. The van der Waals surface area contributed by atoms with Gasteiger partial charge in [-0.15, -0.1) is 0 Å². The first-order valence-electron chi connectivity index (χ1n) is 13.9. The molecule has 0 saturated carbocycles. The summed E-state index contributed by atoms with van der Waals surface area (Å²) < 4.78 is 21.6. The topological polar surface area (TPSA) is 196 Å². The quantitative estimate of drug-likeness (QED) is 0.222. The van der Waals surface area contributed by atoms with E-state index in [1.165, 1.54) is 45.1 Å². The Labute approximate surface area is 254 Å². The zero-order valence-corrected chi connectivity index (χ0v) is 26.2. The maximum absolute atomic E-state index is 10.1. The molecule has 0 unspecified atom stereocenters. The Morgan fingerprint density at radius 2 is 1.51 bits per heavy atom. The molecule has 1 fully saturated rings. The zero-order chi connectivity index (χ0) is 33.1. The lowest BCUT2D eigenvalue weighted by Gasteiger charge is -2.39. The number of aliphatic hydroxyl groups excluding tert-OH is 6. The fourth-order valence-electron chi connectivity index (χ4n) is 3.89. The average molecular weight is 615 g/mol. The first kappa shape index (κ1) is 40.0. The molecule has 0 bridgehead atoms. The minimum atomic E-state index is -1.56. The SMILES string of the molecule is CC(=O)O.CC1=CCC(=C(C)C)CC1.CCO.COc1cc(/C=C/CO)cc(OC)c1O[C@@H]1O[C@H](CO)[C@@H](O)[C@H](O)[C@H]1O. The van der Waals surface area contributed by atoms with Crippen LogP contribution in [0.1, 0.15) is 59.4 Å². The number of carboxylic acids is 1. The van der Waals surface area contributed by atoms with E-state index in [2.05, 4.69) is 26.8 Å². The third-order valence-corrected chi connectivity index (χ3v) is 6.21. The van der Waals surface area contributed by atoms with Crippen molar-refractivity contribution in [2.75, 3.05) is 34.0 Å². The van der Waals surface area contributed by atoms with Crippen molar-refractivity contribution in [2.45, 2.75) is 84.6 Å². The maximum atomic E-state index is 10.1. The number of rotatable bonds is 7. The van der Waals surface area contributed by atoms with Gasteiger partial charge in [-0.3, -0.25) is 4.79 Å². The van der Waals surface area contributed by atoms with E-state index in [0.717, 1.165) is 6.92 Å². The molecule has 7 N–H and O–H groups in total. The van der Waals surface area contributed by atoms with Crippen LogP contribution in [0.2, 0.25) is 0 Å². The summed E-state index contributed by atoms with van der Waals surface area (Å²) >= 11 is 0. The molecular weight excluding hydrogens is 564 g/mol. The van der Waals surface area contributed by atoms with Gasteiger partial charge in [-0.1, -0.05) is 34.9 Å². The minimum Gasteiger partial charge on any atom is -0.493 e. The van der Waals surface area contributed by atoms with Gasteiger partial charge in [-0.25, -0.2) is 0 Å². The lowest BCUT2D eigenvalue weighted by atomic mass is 9.93. The first-order chi connectivity index (χ1) is 20.3.